The Balaban J connectivity index is 2.02. The van der Waals surface area contributed by atoms with Crippen LogP contribution in [0, 0.1) is 6.92 Å². The number of thiophene rings is 1. The fourth-order valence-corrected chi connectivity index (χ4v) is 2.93. The van der Waals surface area contributed by atoms with E-state index in [0.29, 0.717) is 0 Å². The Bertz CT molecular complexity index is 414. The van der Waals surface area contributed by atoms with Gasteiger partial charge in [-0.25, -0.2) is 0 Å². The Kier molecular flexibility index (Phi) is 3.79. The van der Waals surface area contributed by atoms with Crippen LogP contribution >= 0.6 is 11.3 Å². The molecule has 0 fully saturated rings. The average Bonchev–Trinajstić information content (AvgIpc) is 2.68. The van der Waals surface area contributed by atoms with E-state index >= 15 is 0 Å². The number of benzene rings is 1. The molecule has 2 aromatic rings. The molecule has 1 aromatic heterocycles. The van der Waals surface area contributed by atoms with Gasteiger partial charge >= 0.3 is 0 Å². The third-order valence-electron chi connectivity index (χ3n) is 2.74. The number of fused-ring (bicyclic) bond motifs is 1. The molecule has 0 spiro atoms. The van der Waals surface area contributed by atoms with Crippen molar-refractivity contribution < 1.29 is 0 Å². The topological polar surface area (TPSA) is 0 Å². The maximum atomic E-state index is 3.87. The van der Waals surface area contributed by atoms with Gasteiger partial charge in [0.05, 0.1) is 0 Å². The van der Waals surface area contributed by atoms with Gasteiger partial charge in [-0.1, -0.05) is 50.5 Å². The Morgan fingerprint density at radius 3 is 2.80 bits per heavy atom. The highest BCUT2D eigenvalue weighted by molar-refractivity contribution is 7.11. The second-order valence-electron chi connectivity index (χ2n) is 3.91. The maximum absolute atomic E-state index is 3.87. The molecule has 0 aliphatic heterocycles. The van der Waals surface area contributed by atoms with Gasteiger partial charge in [0.25, 0.3) is 0 Å². The van der Waals surface area contributed by atoms with Gasteiger partial charge in [-0.15, -0.1) is 11.3 Å². The van der Waals surface area contributed by atoms with Crippen LogP contribution in [-0.4, -0.2) is 0 Å². The smallest absolute Gasteiger partial charge is 0.0124 e. The summed E-state index contributed by atoms with van der Waals surface area (Å²) in [6.07, 6.45) is 6.20. The summed E-state index contributed by atoms with van der Waals surface area (Å²) in [5.41, 5.74) is 0. The first-order valence-corrected chi connectivity index (χ1v) is 6.54. The van der Waals surface area contributed by atoms with E-state index in [1.54, 1.807) is 4.88 Å². The van der Waals surface area contributed by atoms with E-state index in [9.17, 15) is 0 Å². The molecular weight excluding hydrogens is 200 g/mol. The third-order valence-corrected chi connectivity index (χ3v) is 3.82. The van der Waals surface area contributed by atoms with E-state index < -0.39 is 0 Å². The van der Waals surface area contributed by atoms with Crippen molar-refractivity contribution in [3.8, 4) is 0 Å². The van der Waals surface area contributed by atoms with Crippen LogP contribution in [0.4, 0.5) is 0 Å². The van der Waals surface area contributed by atoms with Crippen LogP contribution in [0.3, 0.4) is 0 Å². The van der Waals surface area contributed by atoms with Crippen LogP contribution in [0.15, 0.2) is 29.6 Å². The number of hydrogen-bond acceptors (Lipinski definition) is 1. The molecule has 0 aliphatic rings. The lowest BCUT2D eigenvalue weighted by Gasteiger charge is -1.98. The monoisotopic (exact) mass is 217 g/mol. The first-order valence-electron chi connectivity index (χ1n) is 5.66. The SMILES string of the molecule is [CH2]CCCCCc1scc2ccccc12. The highest BCUT2D eigenvalue weighted by atomic mass is 32.1. The quantitative estimate of drug-likeness (QED) is 0.629. The van der Waals surface area contributed by atoms with Gasteiger partial charge in [-0.05, 0) is 29.0 Å². The summed E-state index contributed by atoms with van der Waals surface area (Å²) in [5.74, 6) is 0. The van der Waals surface area contributed by atoms with Crippen LogP contribution in [0.2, 0.25) is 0 Å². The molecule has 1 aromatic carbocycles. The minimum Gasteiger partial charge on any atom is -0.148 e. The largest absolute Gasteiger partial charge is 0.148 e. The van der Waals surface area contributed by atoms with E-state index in [-0.39, 0.29) is 0 Å². The second kappa shape index (κ2) is 5.32. The lowest BCUT2D eigenvalue weighted by Crippen LogP contribution is -1.82. The highest BCUT2D eigenvalue weighted by Gasteiger charge is 2.02. The molecule has 0 amide bonds. The average molecular weight is 217 g/mol. The third kappa shape index (κ3) is 2.60. The Morgan fingerprint density at radius 1 is 1.07 bits per heavy atom. The maximum Gasteiger partial charge on any atom is 0.0124 e. The summed E-state index contributed by atoms with van der Waals surface area (Å²) in [5, 5.41) is 5.12. The summed E-state index contributed by atoms with van der Waals surface area (Å²) in [4.78, 5) is 1.55. The van der Waals surface area contributed by atoms with Gasteiger partial charge < -0.3 is 0 Å². The lowest BCUT2D eigenvalue weighted by atomic mass is 10.1. The van der Waals surface area contributed by atoms with Crippen molar-refractivity contribution in [2.45, 2.75) is 32.1 Å². The molecule has 0 bridgehead atoms. The molecule has 0 saturated heterocycles. The summed E-state index contributed by atoms with van der Waals surface area (Å²) >= 11 is 1.91. The zero-order valence-corrected chi connectivity index (χ0v) is 9.85. The normalized spacial score (nSPS) is 11.0. The molecule has 0 unspecified atom stereocenters. The summed E-state index contributed by atoms with van der Waals surface area (Å²) in [6.45, 7) is 3.87. The Labute approximate surface area is 95.9 Å². The zero-order chi connectivity index (χ0) is 10.5. The molecule has 2 rings (SSSR count). The van der Waals surface area contributed by atoms with Crippen LogP contribution in [0.1, 0.15) is 30.6 Å². The molecule has 0 N–H and O–H groups in total. The minimum absolute atomic E-state index is 1.07. The van der Waals surface area contributed by atoms with Crippen molar-refractivity contribution in [1.29, 1.82) is 0 Å². The molecule has 0 aliphatic carbocycles. The summed E-state index contributed by atoms with van der Waals surface area (Å²) < 4.78 is 0. The van der Waals surface area contributed by atoms with Crippen LogP contribution in [0.5, 0.6) is 0 Å². The van der Waals surface area contributed by atoms with Crippen LogP contribution in [0.25, 0.3) is 10.8 Å². The van der Waals surface area contributed by atoms with E-state index in [0.717, 1.165) is 6.42 Å². The molecule has 0 atom stereocenters. The van der Waals surface area contributed by atoms with Gasteiger partial charge in [0, 0.05) is 4.88 Å². The van der Waals surface area contributed by atoms with Crippen molar-refractivity contribution in [3.63, 3.8) is 0 Å². The van der Waals surface area contributed by atoms with E-state index in [1.165, 1.54) is 36.5 Å². The fraction of sp³-hybridized carbons (Fsp3) is 0.357. The first kappa shape index (κ1) is 10.7. The van der Waals surface area contributed by atoms with E-state index in [2.05, 4.69) is 36.6 Å². The molecule has 15 heavy (non-hydrogen) atoms. The van der Waals surface area contributed by atoms with Crippen LogP contribution in [-0.2, 0) is 6.42 Å². The zero-order valence-electron chi connectivity index (χ0n) is 9.04. The molecule has 1 heteroatoms. The van der Waals surface area contributed by atoms with Gasteiger partial charge in [0.1, 0.15) is 0 Å². The number of hydrogen-bond donors (Lipinski definition) is 0. The van der Waals surface area contributed by atoms with Crippen molar-refractivity contribution in [1.82, 2.24) is 0 Å². The summed E-state index contributed by atoms with van der Waals surface area (Å²) in [6, 6.07) is 8.68. The predicted octanol–water partition coefficient (Wildman–Crippen LogP) is 4.84. The van der Waals surface area contributed by atoms with E-state index in [1.807, 2.05) is 11.3 Å². The van der Waals surface area contributed by atoms with Crippen molar-refractivity contribution in [2.75, 3.05) is 0 Å². The minimum atomic E-state index is 1.07. The Hall–Kier alpha value is -0.820. The molecule has 0 saturated carbocycles. The molecular formula is C14H17S. The second-order valence-corrected chi connectivity index (χ2v) is 4.87. The number of unbranched alkanes of at least 4 members (excludes halogenated alkanes) is 3. The molecule has 1 radical (unpaired) electrons. The van der Waals surface area contributed by atoms with Gasteiger partial charge in [0.15, 0.2) is 0 Å². The fourth-order valence-electron chi connectivity index (χ4n) is 1.88. The van der Waals surface area contributed by atoms with Gasteiger partial charge in [0.2, 0.25) is 0 Å². The number of aryl methyl sites for hydroxylation is 1. The molecule has 79 valence electrons. The first-order chi connectivity index (χ1) is 7.42. The Morgan fingerprint density at radius 2 is 1.93 bits per heavy atom. The van der Waals surface area contributed by atoms with Gasteiger partial charge in [-0.3, -0.25) is 0 Å². The predicted molar refractivity (Wildman–Crippen MR) is 69.4 cm³/mol. The van der Waals surface area contributed by atoms with Crippen molar-refractivity contribution >= 4 is 22.1 Å². The van der Waals surface area contributed by atoms with Crippen LogP contribution < -0.4 is 0 Å². The highest BCUT2D eigenvalue weighted by Crippen LogP contribution is 2.26. The van der Waals surface area contributed by atoms with E-state index in [4.69, 9.17) is 0 Å². The standard InChI is InChI=1S/C14H17S/c1-2-3-4-5-10-14-13-9-7-6-8-12(13)11-15-14/h6-9,11H,1-5,10H2. The summed E-state index contributed by atoms with van der Waals surface area (Å²) in [7, 11) is 0. The van der Waals surface area contributed by atoms with Crippen molar-refractivity contribution in [2.24, 2.45) is 0 Å². The number of rotatable bonds is 5. The van der Waals surface area contributed by atoms with Crippen molar-refractivity contribution in [3.05, 3.63) is 41.4 Å². The molecule has 1 heterocycles. The van der Waals surface area contributed by atoms with Gasteiger partial charge in [-0.2, -0.15) is 0 Å². The lowest BCUT2D eigenvalue weighted by molar-refractivity contribution is 0.691. The molecule has 0 nitrogen and oxygen atoms in total.